The molecule has 0 saturated heterocycles. The number of alkyl halides is 3. The Morgan fingerprint density at radius 3 is 2.56 bits per heavy atom. The van der Waals surface area contributed by atoms with Gasteiger partial charge in [0, 0.05) is 28.3 Å². The van der Waals surface area contributed by atoms with Gasteiger partial charge in [-0.2, -0.15) is 18.4 Å². The highest BCUT2D eigenvalue weighted by atomic mass is 32.2. The van der Waals surface area contributed by atoms with Crippen molar-refractivity contribution in [3.8, 4) is 40.0 Å². The van der Waals surface area contributed by atoms with E-state index < -0.39 is 21.8 Å². The molecule has 0 fully saturated rings. The van der Waals surface area contributed by atoms with E-state index in [1.165, 1.54) is 49.2 Å². The number of hydrogen-bond donors (Lipinski definition) is 1. The minimum atomic E-state index is -4.52. The van der Waals surface area contributed by atoms with Gasteiger partial charge in [-0.25, -0.2) is 13.4 Å². The molecule has 13 heteroatoms. The number of nitrogens with one attached hydrogen (secondary N) is 1. The predicted octanol–water partition coefficient (Wildman–Crippen LogP) is 6.95. The molecule has 0 aliphatic carbocycles. The normalized spacial score (nSPS) is 11.6. The molecule has 39 heavy (non-hydrogen) atoms. The number of nitrogens with zero attached hydrogens (tertiary/aromatic N) is 3. The summed E-state index contributed by atoms with van der Waals surface area (Å²) in [7, 11) is -4.01. The first-order valence-electron chi connectivity index (χ1n) is 11.0. The van der Waals surface area contributed by atoms with Crippen LogP contribution in [-0.4, -0.2) is 18.4 Å². The smallest absolute Gasteiger partial charge is 0.416 e. The summed E-state index contributed by atoms with van der Waals surface area (Å²) in [6.07, 6.45) is 1.08. The van der Waals surface area contributed by atoms with Crippen LogP contribution >= 0.6 is 11.3 Å². The lowest BCUT2D eigenvalue weighted by Gasteiger charge is -2.14. The van der Waals surface area contributed by atoms with Crippen molar-refractivity contribution < 1.29 is 30.7 Å². The first-order chi connectivity index (χ1) is 18.6. The molecular formula is C26H15F3N4O4S2. The summed E-state index contributed by atoms with van der Waals surface area (Å²) in [5, 5.41) is 11.5. The quantitative estimate of drug-likeness (QED) is 0.226. The van der Waals surface area contributed by atoms with Gasteiger partial charge in [-0.1, -0.05) is 12.1 Å². The number of aromatic nitrogens is 2. The molecule has 0 atom stereocenters. The Balaban J connectivity index is 1.51. The summed E-state index contributed by atoms with van der Waals surface area (Å²) in [6, 6.07) is 13.6. The first-order valence-corrected chi connectivity index (χ1v) is 13.3. The number of ether oxygens (including phenoxy) is 1. The number of hydrogen-bond acceptors (Lipinski definition) is 8. The van der Waals surface area contributed by atoms with Gasteiger partial charge in [-0.15, -0.1) is 11.3 Å². The van der Waals surface area contributed by atoms with Gasteiger partial charge in [0.25, 0.3) is 10.0 Å². The number of halogens is 3. The van der Waals surface area contributed by atoms with Crippen molar-refractivity contribution in [3.05, 3.63) is 96.0 Å². The summed E-state index contributed by atoms with van der Waals surface area (Å²) in [5.74, 6) is 0.212. The second-order valence-electron chi connectivity index (χ2n) is 7.97. The fraction of sp³-hybridized carbons (Fsp3) is 0.0385. The fourth-order valence-corrected chi connectivity index (χ4v) is 5.41. The molecule has 0 aliphatic heterocycles. The number of sulfonamides is 1. The number of benzene rings is 2. The van der Waals surface area contributed by atoms with Crippen LogP contribution in [0.2, 0.25) is 0 Å². The second kappa shape index (κ2) is 10.2. The maximum Gasteiger partial charge on any atom is 0.416 e. The molecule has 0 bridgehead atoms. The summed E-state index contributed by atoms with van der Waals surface area (Å²) in [5.41, 5.74) is 0.575. The van der Waals surface area contributed by atoms with Gasteiger partial charge in [-0.05, 0) is 42.5 Å². The maximum atomic E-state index is 13.2. The zero-order valence-electron chi connectivity index (χ0n) is 19.5. The first kappa shape index (κ1) is 26.0. The van der Waals surface area contributed by atoms with E-state index in [1.807, 2.05) is 6.07 Å². The number of pyridine rings is 1. The molecule has 1 N–H and O–H groups in total. The Morgan fingerprint density at radius 1 is 1.03 bits per heavy atom. The van der Waals surface area contributed by atoms with Crippen LogP contribution in [0.1, 0.15) is 11.1 Å². The van der Waals surface area contributed by atoms with Gasteiger partial charge in [-0.3, -0.25) is 9.71 Å². The lowest BCUT2D eigenvalue weighted by Crippen LogP contribution is -2.13. The molecule has 0 unspecified atom stereocenters. The Bertz CT molecular complexity index is 1780. The van der Waals surface area contributed by atoms with Crippen LogP contribution in [-0.2, 0) is 16.2 Å². The molecule has 0 saturated carbocycles. The minimum Gasteiger partial charge on any atom is -0.472 e. The van der Waals surface area contributed by atoms with Crippen LogP contribution in [0.5, 0.6) is 11.5 Å². The second-order valence-corrected chi connectivity index (χ2v) is 10.5. The van der Waals surface area contributed by atoms with E-state index in [1.54, 1.807) is 17.5 Å². The molecular weight excluding hydrogens is 553 g/mol. The standard InChI is InChI=1S/C26H15F3N4O4S2/c27-26(28,29)19-3-1-2-16(10-19)22-12-21(17-6-8-36-15-17)24(14-32-22)37-23-5-4-20(11-18(23)13-30)39(34,35)33-25-31-7-9-38-25/h1-12,14-15H,(H,31,33). The highest BCUT2D eigenvalue weighted by Gasteiger charge is 2.30. The Labute approximate surface area is 224 Å². The zero-order valence-corrected chi connectivity index (χ0v) is 21.1. The van der Waals surface area contributed by atoms with Crippen molar-refractivity contribution in [2.24, 2.45) is 0 Å². The van der Waals surface area contributed by atoms with Crippen molar-refractivity contribution in [2.45, 2.75) is 11.1 Å². The lowest BCUT2D eigenvalue weighted by molar-refractivity contribution is -0.137. The van der Waals surface area contributed by atoms with Gasteiger partial charge in [0.05, 0.1) is 40.4 Å². The monoisotopic (exact) mass is 568 g/mol. The van der Waals surface area contributed by atoms with Crippen LogP contribution in [0.15, 0.2) is 94.2 Å². The molecule has 3 aromatic heterocycles. The molecule has 2 aromatic carbocycles. The number of nitriles is 1. The van der Waals surface area contributed by atoms with Gasteiger partial charge in [0.2, 0.25) is 0 Å². The van der Waals surface area contributed by atoms with Crippen LogP contribution in [0.4, 0.5) is 18.3 Å². The van der Waals surface area contributed by atoms with Crippen molar-refractivity contribution in [3.63, 3.8) is 0 Å². The summed E-state index contributed by atoms with van der Waals surface area (Å²) < 4.78 is 78.6. The number of anilines is 1. The zero-order chi connectivity index (χ0) is 27.6. The molecule has 0 aliphatic rings. The Kier molecular flexibility index (Phi) is 6.81. The molecule has 0 spiro atoms. The van der Waals surface area contributed by atoms with E-state index in [9.17, 15) is 26.9 Å². The van der Waals surface area contributed by atoms with Gasteiger partial charge in [0.1, 0.15) is 11.8 Å². The van der Waals surface area contributed by atoms with Gasteiger partial charge >= 0.3 is 6.18 Å². The highest BCUT2D eigenvalue weighted by molar-refractivity contribution is 7.93. The fourth-order valence-electron chi connectivity index (χ4n) is 3.60. The third-order valence-electron chi connectivity index (χ3n) is 5.44. The van der Waals surface area contributed by atoms with E-state index in [0.29, 0.717) is 11.1 Å². The van der Waals surface area contributed by atoms with Crippen molar-refractivity contribution in [1.82, 2.24) is 9.97 Å². The highest BCUT2D eigenvalue weighted by Crippen LogP contribution is 2.38. The van der Waals surface area contributed by atoms with E-state index in [0.717, 1.165) is 29.5 Å². The molecule has 0 radical (unpaired) electrons. The van der Waals surface area contributed by atoms with E-state index in [4.69, 9.17) is 9.15 Å². The topological polar surface area (TPSA) is 118 Å². The Morgan fingerprint density at radius 2 is 1.87 bits per heavy atom. The molecule has 5 aromatic rings. The van der Waals surface area contributed by atoms with Crippen LogP contribution in [0.3, 0.4) is 0 Å². The van der Waals surface area contributed by atoms with Crippen molar-refractivity contribution in [2.75, 3.05) is 4.72 Å². The third kappa shape index (κ3) is 5.62. The molecule has 196 valence electrons. The maximum absolute atomic E-state index is 13.2. The van der Waals surface area contributed by atoms with E-state index in [2.05, 4.69) is 14.7 Å². The van der Waals surface area contributed by atoms with E-state index in [-0.39, 0.29) is 38.3 Å². The molecule has 0 amide bonds. The van der Waals surface area contributed by atoms with Gasteiger partial charge < -0.3 is 9.15 Å². The Hall–Kier alpha value is -4.67. The van der Waals surface area contributed by atoms with E-state index >= 15 is 0 Å². The average molecular weight is 569 g/mol. The average Bonchev–Trinajstić information content (AvgIpc) is 3.63. The number of thiazole rings is 1. The van der Waals surface area contributed by atoms with Crippen LogP contribution < -0.4 is 9.46 Å². The molecule has 5 rings (SSSR count). The number of furan rings is 1. The summed E-state index contributed by atoms with van der Waals surface area (Å²) in [4.78, 5) is 7.99. The largest absolute Gasteiger partial charge is 0.472 e. The van der Waals surface area contributed by atoms with Crippen molar-refractivity contribution in [1.29, 1.82) is 5.26 Å². The third-order valence-corrected chi connectivity index (χ3v) is 7.60. The van der Waals surface area contributed by atoms with Crippen LogP contribution in [0.25, 0.3) is 22.4 Å². The van der Waals surface area contributed by atoms with Gasteiger partial charge in [0.15, 0.2) is 10.9 Å². The van der Waals surface area contributed by atoms with Crippen LogP contribution in [0, 0.1) is 11.3 Å². The summed E-state index contributed by atoms with van der Waals surface area (Å²) >= 11 is 1.10. The number of rotatable bonds is 7. The molecule has 3 heterocycles. The SMILES string of the molecule is N#Cc1cc(S(=O)(=O)Nc2nccs2)ccc1Oc1cnc(-c2cccc(C(F)(F)F)c2)cc1-c1ccoc1. The predicted molar refractivity (Wildman–Crippen MR) is 137 cm³/mol. The summed E-state index contributed by atoms with van der Waals surface area (Å²) in [6.45, 7) is 0. The lowest BCUT2D eigenvalue weighted by atomic mass is 10.0. The minimum absolute atomic E-state index is 0.0454. The van der Waals surface area contributed by atoms with Crippen molar-refractivity contribution >= 4 is 26.5 Å². The molecule has 8 nitrogen and oxygen atoms in total.